The Labute approximate surface area is 127 Å². The summed E-state index contributed by atoms with van der Waals surface area (Å²) in [6.07, 6.45) is 1.04. The van der Waals surface area contributed by atoms with Crippen LogP contribution in [0.3, 0.4) is 0 Å². The van der Waals surface area contributed by atoms with Crippen molar-refractivity contribution < 1.29 is 9.53 Å². The van der Waals surface area contributed by atoms with Crippen LogP contribution < -0.4 is 5.32 Å². The lowest BCUT2D eigenvalue weighted by atomic mass is 10.1. The van der Waals surface area contributed by atoms with E-state index in [9.17, 15) is 4.79 Å². The maximum absolute atomic E-state index is 12.0. The third kappa shape index (κ3) is 4.29. The van der Waals surface area contributed by atoms with Crippen molar-refractivity contribution in [2.45, 2.75) is 33.4 Å². The molecule has 0 radical (unpaired) electrons. The van der Waals surface area contributed by atoms with Crippen LogP contribution in [-0.2, 0) is 9.53 Å². The van der Waals surface area contributed by atoms with E-state index in [4.69, 9.17) is 4.74 Å². The molecule has 4 nitrogen and oxygen atoms in total. The van der Waals surface area contributed by atoms with Crippen molar-refractivity contribution in [2.24, 2.45) is 5.92 Å². The molecule has 1 aliphatic rings. The Bertz CT molecular complexity index is 474. The minimum absolute atomic E-state index is 0.0209. The van der Waals surface area contributed by atoms with Crippen LogP contribution in [0.25, 0.3) is 0 Å². The second kappa shape index (κ2) is 7.57. The number of hydrogen-bond acceptors (Lipinski definition) is 3. The molecule has 1 fully saturated rings. The molecule has 1 aromatic rings. The van der Waals surface area contributed by atoms with Gasteiger partial charge in [0.1, 0.15) is 6.17 Å². The fourth-order valence-corrected chi connectivity index (χ4v) is 2.55. The van der Waals surface area contributed by atoms with Crippen molar-refractivity contribution in [1.82, 2.24) is 10.2 Å². The quantitative estimate of drug-likeness (QED) is 0.784. The molecule has 0 saturated carbocycles. The van der Waals surface area contributed by atoms with Gasteiger partial charge < -0.3 is 9.64 Å². The first-order chi connectivity index (χ1) is 10.1. The second-order valence-electron chi connectivity index (χ2n) is 6.02. The number of rotatable bonds is 7. The summed E-state index contributed by atoms with van der Waals surface area (Å²) in [6.45, 7) is 8.87. The predicted octanol–water partition coefficient (Wildman–Crippen LogP) is 2.49. The Morgan fingerprint density at radius 2 is 2.10 bits per heavy atom. The Morgan fingerprint density at radius 1 is 1.33 bits per heavy atom. The van der Waals surface area contributed by atoms with E-state index in [1.807, 2.05) is 17.0 Å². The lowest BCUT2D eigenvalue weighted by Gasteiger charge is -2.25. The summed E-state index contributed by atoms with van der Waals surface area (Å²) in [5.41, 5.74) is 2.38. The Morgan fingerprint density at radius 3 is 2.81 bits per heavy atom. The van der Waals surface area contributed by atoms with Gasteiger partial charge in [-0.2, -0.15) is 0 Å². The van der Waals surface area contributed by atoms with Gasteiger partial charge in [-0.1, -0.05) is 38.1 Å². The van der Waals surface area contributed by atoms with Crippen LogP contribution >= 0.6 is 0 Å². The summed E-state index contributed by atoms with van der Waals surface area (Å²) in [4.78, 5) is 13.9. The van der Waals surface area contributed by atoms with Gasteiger partial charge in [0.05, 0.1) is 13.2 Å². The third-order valence-corrected chi connectivity index (χ3v) is 3.88. The number of benzene rings is 1. The number of carbonyl (C=O) groups excluding carboxylic acids is 1. The summed E-state index contributed by atoms with van der Waals surface area (Å²) in [5, 5.41) is 3.29. The molecule has 4 heteroatoms. The summed E-state index contributed by atoms with van der Waals surface area (Å²) >= 11 is 0. The van der Waals surface area contributed by atoms with E-state index in [1.165, 1.54) is 11.1 Å². The van der Waals surface area contributed by atoms with Gasteiger partial charge >= 0.3 is 0 Å². The molecule has 0 spiro atoms. The lowest BCUT2D eigenvalue weighted by Crippen LogP contribution is -2.33. The number of ether oxygens (including phenoxy) is 1. The van der Waals surface area contributed by atoms with E-state index >= 15 is 0 Å². The fourth-order valence-electron chi connectivity index (χ4n) is 2.55. The topological polar surface area (TPSA) is 41.6 Å². The number of nitrogens with one attached hydrogen (secondary N) is 1. The SMILES string of the molecule is Cc1ccccc1C1NCC(=O)N1CCOCCC(C)C. The average molecular weight is 290 g/mol. The Kier molecular flexibility index (Phi) is 5.76. The molecular formula is C17H26N2O2. The summed E-state index contributed by atoms with van der Waals surface area (Å²) < 4.78 is 5.65. The molecule has 0 aromatic heterocycles. The van der Waals surface area contributed by atoms with E-state index in [0.717, 1.165) is 13.0 Å². The minimum atomic E-state index is -0.0209. The van der Waals surface area contributed by atoms with Crippen molar-refractivity contribution in [1.29, 1.82) is 0 Å². The van der Waals surface area contributed by atoms with Crippen LogP contribution in [0.4, 0.5) is 0 Å². The zero-order valence-electron chi connectivity index (χ0n) is 13.3. The van der Waals surface area contributed by atoms with Crippen molar-refractivity contribution in [3.8, 4) is 0 Å². The van der Waals surface area contributed by atoms with Gasteiger partial charge in [-0.25, -0.2) is 0 Å². The van der Waals surface area contributed by atoms with E-state index in [-0.39, 0.29) is 12.1 Å². The normalized spacial score (nSPS) is 18.8. The molecule has 1 atom stereocenters. The highest BCUT2D eigenvalue weighted by atomic mass is 16.5. The number of aryl methyl sites for hydroxylation is 1. The van der Waals surface area contributed by atoms with Gasteiger partial charge in [0, 0.05) is 13.2 Å². The smallest absolute Gasteiger partial charge is 0.238 e. The lowest BCUT2D eigenvalue weighted by molar-refractivity contribution is -0.128. The molecule has 1 saturated heterocycles. The zero-order chi connectivity index (χ0) is 15.2. The molecule has 116 valence electrons. The van der Waals surface area contributed by atoms with E-state index in [1.54, 1.807) is 0 Å². The standard InChI is InChI=1S/C17H26N2O2/c1-13(2)8-10-21-11-9-19-16(20)12-18-17(19)15-7-5-4-6-14(15)3/h4-7,13,17-18H,8-12H2,1-3H3. The number of amides is 1. The van der Waals surface area contributed by atoms with Crippen molar-refractivity contribution in [2.75, 3.05) is 26.3 Å². The van der Waals surface area contributed by atoms with Crippen molar-refractivity contribution in [3.63, 3.8) is 0 Å². The minimum Gasteiger partial charge on any atom is -0.380 e. The molecule has 0 aliphatic carbocycles. The zero-order valence-corrected chi connectivity index (χ0v) is 13.3. The first kappa shape index (κ1) is 16.0. The van der Waals surface area contributed by atoms with Gasteiger partial charge in [0.15, 0.2) is 0 Å². The molecule has 21 heavy (non-hydrogen) atoms. The molecule has 0 bridgehead atoms. The highest BCUT2D eigenvalue weighted by Gasteiger charge is 2.31. The second-order valence-corrected chi connectivity index (χ2v) is 6.02. The average Bonchev–Trinajstić information content (AvgIpc) is 2.80. The monoisotopic (exact) mass is 290 g/mol. The molecular weight excluding hydrogens is 264 g/mol. The maximum atomic E-state index is 12.0. The van der Waals surface area contributed by atoms with Gasteiger partial charge in [-0.3, -0.25) is 10.1 Å². The summed E-state index contributed by atoms with van der Waals surface area (Å²) in [5.74, 6) is 0.801. The van der Waals surface area contributed by atoms with Crippen LogP contribution in [0.5, 0.6) is 0 Å². The summed E-state index contributed by atoms with van der Waals surface area (Å²) in [7, 11) is 0. The van der Waals surface area contributed by atoms with Crippen LogP contribution in [0.1, 0.15) is 37.6 Å². The molecule has 1 aromatic carbocycles. The fraction of sp³-hybridized carbons (Fsp3) is 0.588. The molecule has 2 rings (SSSR count). The highest BCUT2D eigenvalue weighted by molar-refractivity contribution is 5.81. The highest BCUT2D eigenvalue weighted by Crippen LogP contribution is 2.24. The Hall–Kier alpha value is -1.39. The Balaban J connectivity index is 1.90. The first-order valence-electron chi connectivity index (χ1n) is 7.75. The molecule has 1 heterocycles. The number of nitrogens with zero attached hydrogens (tertiary/aromatic N) is 1. The van der Waals surface area contributed by atoms with Crippen LogP contribution in [-0.4, -0.2) is 37.1 Å². The first-order valence-corrected chi connectivity index (χ1v) is 7.75. The third-order valence-electron chi connectivity index (χ3n) is 3.88. The van der Waals surface area contributed by atoms with Gasteiger partial charge in [0.25, 0.3) is 0 Å². The van der Waals surface area contributed by atoms with Gasteiger partial charge in [0.2, 0.25) is 5.91 Å². The maximum Gasteiger partial charge on any atom is 0.238 e. The largest absolute Gasteiger partial charge is 0.380 e. The van der Waals surface area contributed by atoms with Crippen molar-refractivity contribution >= 4 is 5.91 Å². The van der Waals surface area contributed by atoms with E-state index in [2.05, 4.69) is 38.2 Å². The van der Waals surface area contributed by atoms with E-state index < -0.39 is 0 Å². The number of carbonyl (C=O) groups is 1. The van der Waals surface area contributed by atoms with Crippen molar-refractivity contribution in [3.05, 3.63) is 35.4 Å². The molecule has 1 N–H and O–H groups in total. The summed E-state index contributed by atoms with van der Waals surface area (Å²) in [6, 6.07) is 8.20. The van der Waals surface area contributed by atoms with Crippen LogP contribution in [0.2, 0.25) is 0 Å². The van der Waals surface area contributed by atoms with E-state index in [0.29, 0.717) is 25.6 Å². The van der Waals surface area contributed by atoms with Gasteiger partial charge in [-0.15, -0.1) is 0 Å². The predicted molar refractivity (Wildman–Crippen MR) is 83.9 cm³/mol. The molecule has 1 aliphatic heterocycles. The number of hydrogen-bond donors (Lipinski definition) is 1. The van der Waals surface area contributed by atoms with Gasteiger partial charge in [-0.05, 0) is 30.4 Å². The molecule has 1 unspecified atom stereocenters. The molecule has 1 amide bonds. The van der Waals surface area contributed by atoms with Crippen LogP contribution in [0.15, 0.2) is 24.3 Å². The van der Waals surface area contributed by atoms with Crippen LogP contribution in [0, 0.1) is 12.8 Å².